The Morgan fingerprint density at radius 1 is 1.43 bits per heavy atom. The van der Waals surface area contributed by atoms with Crippen LogP contribution in [-0.4, -0.2) is 41.4 Å². The largest absolute Gasteiger partial charge is 0.481 e. The molecule has 1 aromatic carbocycles. The fourth-order valence-electron chi connectivity index (χ4n) is 2.76. The Balaban J connectivity index is 1.70. The van der Waals surface area contributed by atoms with Crippen LogP contribution in [0.3, 0.4) is 0 Å². The minimum absolute atomic E-state index is 0.152. The van der Waals surface area contributed by atoms with Crippen molar-refractivity contribution >= 4 is 17.7 Å². The van der Waals surface area contributed by atoms with Crippen LogP contribution >= 0.6 is 11.8 Å². The molecule has 0 aliphatic carbocycles. The van der Waals surface area contributed by atoms with Crippen LogP contribution in [0.25, 0.3) is 0 Å². The number of carboxylic acid groups (broad SMARTS) is 1. The molecule has 0 aromatic heterocycles. The highest BCUT2D eigenvalue weighted by Gasteiger charge is 2.20. The van der Waals surface area contributed by atoms with Gasteiger partial charge in [-0.25, -0.2) is 4.39 Å². The van der Waals surface area contributed by atoms with E-state index >= 15 is 0 Å². The van der Waals surface area contributed by atoms with Gasteiger partial charge >= 0.3 is 5.97 Å². The zero-order chi connectivity index (χ0) is 15.1. The van der Waals surface area contributed by atoms with E-state index in [1.807, 2.05) is 12.1 Å². The Morgan fingerprint density at radius 3 is 3.00 bits per heavy atom. The van der Waals surface area contributed by atoms with Gasteiger partial charge in [-0.3, -0.25) is 4.79 Å². The van der Waals surface area contributed by atoms with Crippen LogP contribution in [0.2, 0.25) is 0 Å². The van der Waals surface area contributed by atoms with E-state index in [1.165, 1.54) is 6.07 Å². The molecule has 21 heavy (non-hydrogen) atoms. The lowest BCUT2D eigenvalue weighted by molar-refractivity contribution is -0.137. The van der Waals surface area contributed by atoms with Crippen LogP contribution in [0.4, 0.5) is 4.39 Å². The average molecular weight is 311 g/mol. The van der Waals surface area contributed by atoms with Crippen molar-refractivity contribution in [2.75, 3.05) is 25.4 Å². The molecule has 1 heterocycles. The molecule has 0 amide bonds. The fraction of sp³-hybridized carbons (Fsp3) is 0.562. The molecule has 1 saturated heterocycles. The summed E-state index contributed by atoms with van der Waals surface area (Å²) in [5, 5.41) is 8.75. The van der Waals surface area contributed by atoms with Gasteiger partial charge in [0.25, 0.3) is 0 Å². The summed E-state index contributed by atoms with van der Waals surface area (Å²) in [6.45, 7) is 2.98. The number of nitrogens with zero attached hydrogens (tertiary/aromatic N) is 1. The molecular weight excluding hydrogens is 289 g/mol. The van der Waals surface area contributed by atoms with Crippen molar-refractivity contribution in [1.82, 2.24) is 4.90 Å². The zero-order valence-electron chi connectivity index (χ0n) is 12.1. The molecule has 1 atom stereocenters. The minimum atomic E-state index is -0.706. The molecule has 1 unspecified atom stereocenters. The normalized spacial score (nSPS) is 19.6. The van der Waals surface area contributed by atoms with Crippen LogP contribution in [-0.2, 0) is 4.79 Å². The van der Waals surface area contributed by atoms with E-state index in [0.717, 1.165) is 44.6 Å². The molecule has 2 rings (SSSR count). The summed E-state index contributed by atoms with van der Waals surface area (Å²) < 4.78 is 13.5. The number of aliphatic carboxylic acids is 1. The second-order valence-electron chi connectivity index (χ2n) is 5.52. The number of rotatable bonds is 7. The highest BCUT2D eigenvalue weighted by Crippen LogP contribution is 2.24. The molecule has 0 saturated carbocycles. The van der Waals surface area contributed by atoms with Crippen molar-refractivity contribution in [3.8, 4) is 0 Å². The molecule has 3 nitrogen and oxygen atoms in total. The number of likely N-dealkylation sites (tertiary alicyclic amines) is 1. The monoisotopic (exact) mass is 311 g/mol. The molecule has 1 fully saturated rings. The van der Waals surface area contributed by atoms with Gasteiger partial charge in [-0.1, -0.05) is 12.1 Å². The summed E-state index contributed by atoms with van der Waals surface area (Å²) in [6, 6.07) is 6.86. The van der Waals surface area contributed by atoms with Gasteiger partial charge in [0.05, 0.1) is 0 Å². The molecule has 0 spiro atoms. The van der Waals surface area contributed by atoms with Gasteiger partial charge in [0.15, 0.2) is 0 Å². The maximum Gasteiger partial charge on any atom is 0.303 e. The molecule has 1 aliphatic heterocycles. The summed E-state index contributed by atoms with van der Waals surface area (Å²) in [5.41, 5.74) is 0. The quantitative estimate of drug-likeness (QED) is 0.783. The SMILES string of the molecule is O=C(O)CCC1CCCN(CCSc2ccccc2F)C1. The first-order valence-electron chi connectivity index (χ1n) is 7.46. The lowest BCUT2D eigenvalue weighted by atomic mass is 9.93. The third-order valence-electron chi connectivity index (χ3n) is 3.87. The van der Waals surface area contributed by atoms with E-state index in [9.17, 15) is 9.18 Å². The first-order valence-corrected chi connectivity index (χ1v) is 8.45. The van der Waals surface area contributed by atoms with Gasteiger partial charge in [0, 0.05) is 30.2 Å². The Bertz CT molecular complexity index is 469. The predicted molar refractivity (Wildman–Crippen MR) is 83.2 cm³/mol. The maximum atomic E-state index is 13.5. The first kappa shape index (κ1) is 16.3. The second kappa shape index (κ2) is 8.39. The first-order chi connectivity index (χ1) is 10.1. The lowest BCUT2D eigenvalue weighted by Gasteiger charge is -2.32. The molecule has 116 valence electrons. The number of thioether (sulfide) groups is 1. The Morgan fingerprint density at radius 2 is 2.24 bits per heavy atom. The average Bonchev–Trinajstić information content (AvgIpc) is 2.48. The van der Waals surface area contributed by atoms with Gasteiger partial charge in [-0.15, -0.1) is 11.8 Å². The van der Waals surface area contributed by atoms with Crippen LogP contribution in [0.5, 0.6) is 0 Å². The Kier molecular flexibility index (Phi) is 6.51. The lowest BCUT2D eigenvalue weighted by Crippen LogP contribution is -2.37. The van der Waals surface area contributed by atoms with E-state index in [-0.39, 0.29) is 12.2 Å². The van der Waals surface area contributed by atoms with Crippen molar-refractivity contribution in [3.63, 3.8) is 0 Å². The number of piperidine rings is 1. The van der Waals surface area contributed by atoms with Crippen molar-refractivity contribution in [2.24, 2.45) is 5.92 Å². The second-order valence-corrected chi connectivity index (χ2v) is 6.66. The van der Waals surface area contributed by atoms with Crippen molar-refractivity contribution in [3.05, 3.63) is 30.1 Å². The van der Waals surface area contributed by atoms with Crippen molar-refractivity contribution in [2.45, 2.75) is 30.6 Å². The molecule has 0 radical (unpaired) electrons. The predicted octanol–water partition coefficient (Wildman–Crippen LogP) is 3.49. The summed E-state index contributed by atoms with van der Waals surface area (Å²) in [7, 11) is 0. The highest BCUT2D eigenvalue weighted by atomic mass is 32.2. The molecule has 1 N–H and O–H groups in total. The topological polar surface area (TPSA) is 40.5 Å². The third kappa shape index (κ3) is 5.67. The van der Waals surface area contributed by atoms with Gasteiger partial charge in [-0.05, 0) is 43.9 Å². The van der Waals surface area contributed by atoms with Crippen LogP contribution in [0, 0.1) is 11.7 Å². The molecule has 0 bridgehead atoms. The van der Waals surface area contributed by atoms with E-state index in [0.29, 0.717) is 10.8 Å². The van der Waals surface area contributed by atoms with Gasteiger partial charge in [0.2, 0.25) is 0 Å². The fourth-order valence-corrected chi connectivity index (χ4v) is 3.71. The molecular formula is C16H22FNO2S. The molecule has 1 aliphatic rings. The highest BCUT2D eigenvalue weighted by molar-refractivity contribution is 7.99. The van der Waals surface area contributed by atoms with Crippen LogP contribution < -0.4 is 0 Å². The minimum Gasteiger partial charge on any atom is -0.481 e. The van der Waals surface area contributed by atoms with E-state index in [1.54, 1.807) is 17.8 Å². The van der Waals surface area contributed by atoms with Gasteiger partial charge in [-0.2, -0.15) is 0 Å². The number of carboxylic acids is 1. The summed E-state index contributed by atoms with van der Waals surface area (Å²) in [6.07, 6.45) is 3.30. The van der Waals surface area contributed by atoms with E-state index in [4.69, 9.17) is 5.11 Å². The van der Waals surface area contributed by atoms with Gasteiger partial charge in [0.1, 0.15) is 5.82 Å². The summed E-state index contributed by atoms with van der Waals surface area (Å²) in [4.78, 5) is 13.7. The van der Waals surface area contributed by atoms with E-state index < -0.39 is 5.97 Å². The van der Waals surface area contributed by atoms with E-state index in [2.05, 4.69) is 4.90 Å². The number of hydrogen-bond donors (Lipinski definition) is 1. The van der Waals surface area contributed by atoms with Gasteiger partial charge < -0.3 is 10.0 Å². The maximum absolute atomic E-state index is 13.5. The molecule has 5 heteroatoms. The standard InChI is InChI=1S/C16H22FNO2S/c17-14-5-1-2-6-15(14)21-11-10-18-9-3-4-13(12-18)7-8-16(19)20/h1-2,5-6,13H,3-4,7-12H2,(H,19,20). The number of halogens is 1. The Labute approximate surface area is 129 Å². The van der Waals surface area contributed by atoms with Crippen LogP contribution in [0.1, 0.15) is 25.7 Å². The number of hydrogen-bond acceptors (Lipinski definition) is 3. The summed E-state index contributed by atoms with van der Waals surface area (Å²) in [5.74, 6) is 0.503. The third-order valence-corrected chi connectivity index (χ3v) is 4.90. The molecule has 1 aromatic rings. The van der Waals surface area contributed by atoms with Crippen molar-refractivity contribution in [1.29, 1.82) is 0 Å². The number of carbonyl (C=O) groups is 1. The van der Waals surface area contributed by atoms with Crippen molar-refractivity contribution < 1.29 is 14.3 Å². The smallest absolute Gasteiger partial charge is 0.303 e. The Hall–Kier alpha value is -1.07. The van der Waals surface area contributed by atoms with Crippen LogP contribution in [0.15, 0.2) is 29.2 Å². The summed E-state index contributed by atoms with van der Waals surface area (Å²) >= 11 is 1.55. The zero-order valence-corrected chi connectivity index (χ0v) is 12.9. The number of benzene rings is 1.